The van der Waals surface area contributed by atoms with Crippen molar-refractivity contribution in [2.24, 2.45) is 0 Å². The second kappa shape index (κ2) is 6.69. The second-order valence-electron chi connectivity index (χ2n) is 4.56. The van der Waals surface area contributed by atoms with Crippen LogP contribution in [0.3, 0.4) is 0 Å². The maximum Gasteiger partial charge on any atom is 0.323 e. The van der Waals surface area contributed by atoms with E-state index in [9.17, 15) is 9.59 Å². The van der Waals surface area contributed by atoms with Crippen LogP contribution in [0.4, 0.5) is 0 Å². The van der Waals surface area contributed by atoms with Crippen molar-refractivity contribution in [1.82, 2.24) is 14.9 Å². The predicted octanol–water partition coefficient (Wildman–Crippen LogP) is 1.46. The molecule has 2 aromatic rings. The van der Waals surface area contributed by atoms with Crippen molar-refractivity contribution in [3.05, 3.63) is 53.6 Å². The Labute approximate surface area is 122 Å². The van der Waals surface area contributed by atoms with Crippen molar-refractivity contribution in [3.8, 4) is 0 Å². The average molecular weight is 287 g/mol. The fourth-order valence-corrected chi connectivity index (χ4v) is 2.11. The highest BCUT2D eigenvalue weighted by molar-refractivity contribution is 5.93. The summed E-state index contributed by atoms with van der Waals surface area (Å²) in [5.41, 5.74) is 2.23. The van der Waals surface area contributed by atoms with Crippen LogP contribution >= 0.6 is 0 Å². The van der Waals surface area contributed by atoms with Crippen molar-refractivity contribution in [2.75, 3.05) is 0 Å². The first kappa shape index (κ1) is 14.8. The standard InChI is InChI=1S/C15H17N3O3/c1-2-11-5-3-7-16-12(11)9-17-15(21)13-6-4-8-18(13)10-14(19)20/h3-8H,2,9-10H2,1H3,(H,17,21)(H,19,20). The minimum Gasteiger partial charge on any atom is -0.480 e. The molecule has 0 spiro atoms. The minimum absolute atomic E-state index is 0.237. The van der Waals surface area contributed by atoms with Crippen LogP contribution in [0.15, 0.2) is 36.7 Å². The number of carbonyl (C=O) groups excluding carboxylic acids is 1. The number of aryl methyl sites for hydroxylation is 1. The maximum atomic E-state index is 12.1. The summed E-state index contributed by atoms with van der Waals surface area (Å²) in [5.74, 6) is -1.30. The van der Waals surface area contributed by atoms with Crippen LogP contribution in [0.5, 0.6) is 0 Å². The second-order valence-corrected chi connectivity index (χ2v) is 4.56. The molecule has 0 saturated carbocycles. The quantitative estimate of drug-likeness (QED) is 0.842. The Morgan fingerprint density at radius 3 is 2.86 bits per heavy atom. The lowest BCUT2D eigenvalue weighted by atomic mass is 10.1. The van der Waals surface area contributed by atoms with Crippen LogP contribution in [0.1, 0.15) is 28.7 Å². The lowest BCUT2D eigenvalue weighted by Crippen LogP contribution is -2.27. The molecule has 6 heteroatoms. The van der Waals surface area contributed by atoms with Crippen LogP contribution in [0.25, 0.3) is 0 Å². The summed E-state index contributed by atoms with van der Waals surface area (Å²) >= 11 is 0. The maximum absolute atomic E-state index is 12.1. The molecule has 0 aliphatic rings. The smallest absolute Gasteiger partial charge is 0.323 e. The van der Waals surface area contributed by atoms with Gasteiger partial charge in [-0.05, 0) is 30.2 Å². The van der Waals surface area contributed by atoms with E-state index in [0.29, 0.717) is 12.2 Å². The lowest BCUT2D eigenvalue weighted by Gasteiger charge is -2.09. The highest BCUT2D eigenvalue weighted by Gasteiger charge is 2.13. The number of aromatic nitrogens is 2. The third kappa shape index (κ3) is 3.68. The Hall–Kier alpha value is -2.63. The number of rotatable bonds is 6. The number of nitrogens with one attached hydrogen (secondary N) is 1. The number of hydrogen-bond acceptors (Lipinski definition) is 3. The van der Waals surface area contributed by atoms with E-state index in [1.807, 2.05) is 19.1 Å². The van der Waals surface area contributed by atoms with E-state index in [1.165, 1.54) is 4.57 Å². The van der Waals surface area contributed by atoms with Gasteiger partial charge in [0.25, 0.3) is 5.91 Å². The number of pyridine rings is 1. The van der Waals surface area contributed by atoms with E-state index in [0.717, 1.165) is 17.7 Å². The molecule has 2 rings (SSSR count). The van der Waals surface area contributed by atoms with E-state index < -0.39 is 5.97 Å². The molecular formula is C15H17N3O3. The molecule has 1 amide bonds. The van der Waals surface area contributed by atoms with Crippen LogP contribution in [-0.2, 0) is 24.3 Å². The van der Waals surface area contributed by atoms with Gasteiger partial charge in [0.05, 0.1) is 12.2 Å². The van der Waals surface area contributed by atoms with Crippen LogP contribution in [-0.4, -0.2) is 26.5 Å². The molecule has 0 aromatic carbocycles. The van der Waals surface area contributed by atoms with Gasteiger partial charge in [0, 0.05) is 12.4 Å². The number of carbonyl (C=O) groups is 2. The highest BCUT2D eigenvalue weighted by atomic mass is 16.4. The Bertz CT molecular complexity index is 649. The normalized spacial score (nSPS) is 10.3. The topological polar surface area (TPSA) is 84.2 Å². The zero-order chi connectivity index (χ0) is 15.2. The summed E-state index contributed by atoms with van der Waals surface area (Å²) in [5, 5.41) is 11.6. The van der Waals surface area contributed by atoms with Crippen LogP contribution in [0, 0.1) is 0 Å². The minimum atomic E-state index is -0.988. The molecule has 0 unspecified atom stereocenters. The van der Waals surface area contributed by atoms with Gasteiger partial charge < -0.3 is 15.0 Å². The molecule has 0 aliphatic heterocycles. The molecule has 21 heavy (non-hydrogen) atoms. The number of hydrogen-bond donors (Lipinski definition) is 2. The van der Waals surface area contributed by atoms with Gasteiger partial charge in [-0.15, -0.1) is 0 Å². The summed E-state index contributed by atoms with van der Waals surface area (Å²) in [6, 6.07) is 7.08. The van der Waals surface area contributed by atoms with Crippen molar-refractivity contribution in [3.63, 3.8) is 0 Å². The van der Waals surface area contributed by atoms with Gasteiger partial charge in [0.1, 0.15) is 12.2 Å². The Balaban J connectivity index is 2.05. The zero-order valence-electron chi connectivity index (χ0n) is 11.7. The number of carboxylic acids is 1. The first-order valence-corrected chi connectivity index (χ1v) is 6.69. The molecule has 0 fully saturated rings. The summed E-state index contributed by atoms with van der Waals surface area (Å²) in [6.45, 7) is 2.11. The summed E-state index contributed by atoms with van der Waals surface area (Å²) < 4.78 is 1.40. The number of aliphatic carboxylic acids is 1. The highest BCUT2D eigenvalue weighted by Crippen LogP contribution is 2.07. The Morgan fingerprint density at radius 2 is 2.14 bits per heavy atom. The third-order valence-electron chi connectivity index (χ3n) is 3.15. The molecule has 2 N–H and O–H groups in total. The molecule has 2 heterocycles. The fraction of sp³-hybridized carbons (Fsp3) is 0.267. The molecule has 110 valence electrons. The van der Waals surface area contributed by atoms with Gasteiger partial charge in [0.15, 0.2) is 0 Å². The Morgan fingerprint density at radius 1 is 1.33 bits per heavy atom. The van der Waals surface area contributed by atoms with Crippen LogP contribution < -0.4 is 5.32 Å². The van der Waals surface area contributed by atoms with Gasteiger partial charge in [-0.3, -0.25) is 14.6 Å². The molecule has 0 radical (unpaired) electrons. The first-order chi connectivity index (χ1) is 10.1. The van der Waals surface area contributed by atoms with E-state index in [1.54, 1.807) is 24.5 Å². The fourth-order valence-electron chi connectivity index (χ4n) is 2.11. The van der Waals surface area contributed by atoms with Crippen molar-refractivity contribution >= 4 is 11.9 Å². The average Bonchev–Trinajstić information content (AvgIpc) is 2.92. The van der Waals surface area contributed by atoms with Crippen molar-refractivity contribution in [1.29, 1.82) is 0 Å². The van der Waals surface area contributed by atoms with E-state index >= 15 is 0 Å². The molecule has 0 saturated heterocycles. The summed E-state index contributed by atoms with van der Waals surface area (Å²) in [4.78, 5) is 27.1. The van der Waals surface area contributed by atoms with Gasteiger partial charge >= 0.3 is 5.97 Å². The summed E-state index contributed by atoms with van der Waals surface area (Å²) in [7, 11) is 0. The summed E-state index contributed by atoms with van der Waals surface area (Å²) in [6.07, 6.45) is 4.10. The van der Waals surface area contributed by atoms with Crippen molar-refractivity contribution in [2.45, 2.75) is 26.4 Å². The molecule has 0 atom stereocenters. The van der Waals surface area contributed by atoms with Gasteiger partial charge in [-0.2, -0.15) is 0 Å². The number of nitrogens with zero attached hydrogens (tertiary/aromatic N) is 2. The predicted molar refractivity (Wildman–Crippen MR) is 76.9 cm³/mol. The first-order valence-electron chi connectivity index (χ1n) is 6.69. The molecule has 6 nitrogen and oxygen atoms in total. The number of amides is 1. The van der Waals surface area contributed by atoms with E-state index in [4.69, 9.17) is 5.11 Å². The molecular weight excluding hydrogens is 270 g/mol. The van der Waals surface area contributed by atoms with Gasteiger partial charge in [-0.1, -0.05) is 13.0 Å². The zero-order valence-corrected chi connectivity index (χ0v) is 11.7. The van der Waals surface area contributed by atoms with Gasteiger partial charge in [0.2, 0.25) is 0 Å². The lowest BCUT2D eigenvalue weighted by molar-refractivity contribution is -0.137. The number of carboxylic acid groups (broad SMARTS) is 1. The SMILES string of the molecule is CCc1cccnc1CNC(=O)c1cccn1CC(=O)O. The molecule has 2 aromatic heterocycles. The van der Waals surface area contributed by atoms with E-state index in [-0.39, 0.29) is 12.5 Å². The van der Waals surface area contributed by atoms with Crippen molar-refractivity contribution < 1.29 is 14.7 Å². The molecule has 0 aliphatic carbocycles. The van der Waals surface area contributed by atoms with Crippen LogP contribution in [0.2, 0.25) is 0 Å². The van der Waals surface area contributed by atoms with Gasteiger partial charge in [-0.25, -0.2) is 0 Å². The Kier molecular flexibility index (Phi) is 4.71. The third-order valence-corrected chi connectivity index (χ3v) is 3.15. The molecule has 0 bridgehead atoms. The largest absolute Gasteiger partial charge is 0.480 e. The van der Waals surface area contributed by atoms with E-state index in [2.05, 4.69) is 10.3 Å². The monoisotopic (exact) mass is 287 g/mol.